The number of hydrogen-bond acceptors (Lipinski definition) is 7. The first-order valence-electron chi connectivity index (χ1n) is 7.90. The fourth-order valence-electron chi connectivity index (χ4n) is 2.51. The summed E-state index contributed by atoms with van der Waals surface area (Å²) in [6, 6.07) is 5.45. The number of benzene rings is 1. The Morgan fingerprint density at radius 1 is 1.20 bits per heavy atom. The van der Waals surface area contributed by atoms with E-state index in [1.54, 1.807) is 27.2 Å². The molecule has 1 atom stereocenters. The molecule has 1 unspecified atom stereocenters. The summed E-state index contributed by atoms with van der Waals surface area (Å²) < 4.78 is 28.9. The van der Waals surface area contributed by atoms with E-state index in [1.807, 2.05) is 12.1 Å². The van der Waals surface area contributed by atoms with Gasteiger partial charge >= 0.3 is 5.97 Å². The minimum Gasteiger partial charge on any atom is -0.497 e. The third-order valence-corrected chi connectivity index (χ3v) is 12.9. The standard InChI is InChI=1S/C17H23O5PS2/c1-5-22-17(18)16(12(2)23(19)24-6-7-25-23)10-13-8-14(20-3)11-15(9-13)21-4/h8-9,11,16H,2,5-7,10H2,1,3-4H3. The molecule has 1 aliphatic rings. The van der Waals surface area contributed by atoms with Crippen LogP contribution >= 0.6 is 28.3 Å². The summed E-state index contributed by atoms with van der Waals surface area (Å²) in [5, 5.41) is 0.472. The van der Waals surface area contributed by atoms with Crippen LogP contribution < -0.4 is 9.47 Å². The SMILES string of the molecule is C=C(C(Cc1cc(OC)cc(OC)c1)C(=O)OCC)P1(=O)SCCS1. The van der Waals surface area contributed by atoms with Crippen LogP contribution in [0.5, 0.6) is 11.5 Å². The van der Waals surface area contributed by atoms with E-state index in [1.165, 1.54) is 22.8 Å². The lowest BCUT2D eigenvalue weighted by molar-refractivity contribution is -0.146. The first-order chi connectivity index (χ1) is 11.9. The molecule has 0 saturated carbocycles. The lowest BCUT2D eigenvalue weighted by Gasteiger charge is -2.22. The maximum atomic E-state index is 13.1. The van der Waals surface area contributed by atoms with Gasteiger partial charge in [-0.1, -0.05) is 29.3 Å². The topological polar surface area (TPSA) is 61.8 Å². The summed E-state index contributed by atoms with van der Waals surface area (Å²) in [4.78, 5) is 12.5. The van der Waals surface area contributed by atoms with Crippen molar-refractivity contribution in [3.05, 3.63) is 35.7 Å². The molecule has 8 heteroatoms. The van der Waals surface area contributed by atoms with Crippen LogP contribution in [0.1, 0.15) is 12.5 Å². The van der Waals surface area contributed by atoms with E-state index in [4.69, 9.17) is 14.2 Å². The maximum absolute atomic E-state index is 13.1. The number of carbonyl (C=O) groups is 1. The lowest BCUT2D eigenvalue weighted by Crippen LogP contribution is -2.21. The van der Waals surface area contributed by atoms with Crippen LogP contribution in [0.25, 0.3) is 0 Å². The van der Waals surface area contributed by atoms with Crippen LogP contribution in [-0.2, 0) is 20.5 Å². The zero-order chi connectivity index (χ0) is 18.4. The van der Waals surface area contributed by atoms with Gasteiger partial charge in [0.2, 0.25) is 5.55 Å². The van der Waals surface area contributed by atoms with Crippen LogP contribution in [0.4, 0.5) is 0 Å². The van der Waals surface area contributed by atoms with Gasteiger partial charge in [0.25, 0.3) is 0 Å². The van der Waals surface area contributed by atoms with Crippen molar-refractivity contribution < 1.29 is 23.6 Å². The number of ether oxygens (including phenoxy) is 3. The summed E-state index contributed by atoms with van der Waals surface area (Å²) in [5.74, 6) is 1.85. The van der Waals surface area contributed by atoms with Gasteiger partial charge in [0.1, 0.15) is 11.5 Å². The van der Waals surface area contributed by atoms with Gasteiger partial charge in [0, 0.05) is 22.9 Å². The van der Waals surface area contributed by atoms with Gasteiger partial charge in [-0.2, -0.15) is 0 Å². The molecule has 0 N–H and O–H groups in total. The van der Waals surface area contributed by atoms with E-state index in [2.05, 4.69) is 6.58 Å². The van der Waals surface area contributed by atoms with Crippen molar-refractivity contribution in [1.29, 1.82) is 0 Å². The van der Waals surface area contributed by atoms with Crippen molar-refractivity contribution in [3.63, 3.8) is 0 Å². The first-order valence-corrected chi connectivity index (χ1v) is 12.8. The van der Waals surface area contributed by atoms with Crippen molar-refractivity contribution in [2.75, 3.05) is 32.3 Å². The van der Waals surface area contributed by atoms with Crippen molar-refractivity contribution in [2.45, 2.75) is 13.3 Å². The molecule has 0 radical (unpaired) electrons. The number of hydrogen-bond donors (Lipinski definition) is 0. The Balaban J connectivity index is 2.32. The average molecular weight is 402 g/mol. The van der Waals surface area contributed by atoms with Crippen LogP contribution in [-0.4, -0.2) is 38.3 Å². The predicted octanol–water partition coefficient (Wildman–Crippen LogP) is 4.61. The smallest absolute Gasteiger partial charge is 0.313 e. The summed E-state index contributed by atoms with van der Waals surface area (Å²) in [6.45, 7) is 6.06. The van der Waals surface area contributed by atoms with Crippen molar-refractivity contribution in [2.24, 2.45) is 5.92 Å². The number of carbonyl (C=O) groups excluding carboxylic acids is 1. The highest BCUT2D eigenvalue weighted by Crippen LogP contribution is 2.79. The molecule has 0 aliphatic carbocycles. The summed E-state index contributed by atoms with van der Waals surface area (Å²) >= 11 is 2.81. The van der Waals surface area contributed by atoms with Gasteiger partial charge in [0.15, 0.2) is 0 Å². The Kier molecular flexibility index (Phi) is 7.35. The molecule has 5 nitrogen and oxygen atoms in total. The fourth-order valence-corrected chi connectivity index (χ4v) is 11.3. The number of rotatable bonds is 8. The zero-order valence-corrected chi connectivity index (χ0v) is 17.2. The van der Waals surface area contributed by atoms with Crippen LogP contribution in [0.3, 0.4) is 0 Å². The summed E-state index contributed by atoms with van der Waals surface area (Å²) in [6.07, 6.45) is 0.344. The number of esters is 1. The lowest BCUT2D eigenvalue weighted by atomic mass is 9.98. The molecule has 138 valence electrons. The number of methoxy groups -OCH3 is 2. The van der Waals surface area contributed by atoms with Crippen LogP contribution in [0, 0.1) is 5.92 Å². The molecule has 2 rings (SSSR count). The molecule has 0 bridgehead atoms. The van der Waals surface area contributed by atoms with E-state index < -0.39 is 17.4 Å². The zero-order valence-electron chi connectivity index (χ0n) is 14.6. The summed E-state index contributed by atoms with van der Waals surface area (Å²) in [5.41, 5.74) is -1.85. The quantitative estimate of drug-likeness (QED) is 0.465. The normalized spacial score (nSPS) is 16.9. The monoisotopic (exact) mass is 402 g/mol. The molecular weight excluding hydrogens is 379 g/mol. The van der Waals surface area contributed by atoms with Crippen molar-refractivity contribution in [3.8, 4) is 11.5 Å². The Labute approximate surface area is 156 Å². The van der Waals surface area contributed by atoms with Crippen LogP contribution in [0.2, 0.25) is 0 Å². The van der Waals surface area contributed by atoms with Gasteiger partial charge in [-0.25, -0.2) is 0 Å². The molecule has 0 aromatic heterocycles. The molecule has 1 aromatic carbocycles. The molecule has 1 saturated heterocycles. The van der Waals surface area contributed by atoms with Gasteiger partial charge in [-0.05, 0) is 31.0 Å². The molecular formula is C17H23O5PS2. The Bertz CT molecular complexity index is 659. The Morgan fingerprint density at radius 2 is 1.76 bits per heavy atom. The van der Waals surface area contributed by atoms with Crippen molar-refractivity contribution in [1.82, 2.24) is 0 Å². The minimum absolute atomic E-state index is 0.272. The van der Waals surface area contributed by atoms with Crippen LogP contribution in [0.15, 0.2) is 30.1 Å². The highest BCUT2D eigenvalue weighted by Gasteiger charge is 2.39. The van der Waals surface area contributed by atoms with Gasteiger partial charge in [-0.3, -0.25) is 9.36 Å². The van der Waals surface area contributed by atoms with E-state index in [-0.39, 0.29) is 6.61 Å². The fraction of sp³-hybridized carbons (Fsp3) is 0.471. The van der Waals surface area contributed by atoms with Gasteiger partial charge in [0.05, 0.1) is 26.7 Å². The van der Waals surface area contributed by atoms with Gasteiger partial charge < -0.3 is 14.2 Å². The molecule has 0 amide bonds. The molecule has 1 aliphatic heterocycles. The predicted molar refractivity (Wildman–Crippen MR) is 105 cm³/mol. The third kappa shape index (κ3) is 4.99. The summed E-state index contributed by atoms with van der Waals surface area (Å²) in [7, 11) is 3.15. The van der Waals surface area contributed by atoms with E-state index in [0.29, 0.717) is 23.2 Å². The second-order valence-electron chi connectivity index (χ2n) is 5.38. The second kappa shape index (κ2) is 9.06. The first kappa shape index (κ1) is 20.3. The van der Waals surface area contributed by atoms with E-state index in [9.17, 15) is 9.36 Å². The minimum atomic E-state index is -2.69. The molecule has 1 heterocycles. The largest absolute Gasteiger partial charge is 0.497 e. The van der Waals surface area contributed by atoms with Crippen molar-refractivity contribution >= 4 is 34.3 Å². The Morgan fingerprint density at radius 3 is 2.24 bits per heavy atom. The Hall–Kier alpha value is -1.04. The molecule has 0 spiro atoms. The van der Waals surface area contributed by atoms with Gasteiger partial charge in [-0.15, -0.1) is 0 Å². The third-order valence-electron chi connectivity index (χ3n) is 3.78. The molecule has 1 aromatic rings. The highest BCUT2D eigenvalue weighted by atomic mass is 33.1. The average Bonchev–Trinajstić information content (AvgIpc) is 3.06. The van der Waals surface area contributed by atoms with E-state index >= 15 is 0 Å². The maximum Gasteiger partial charge on any atom is 0.313 e. The molecule has 1 fully saturated rings. The second-order valence-corrected chi connectivity index (χ2v) is 13.6. The van der Waals surface area contributed by atoms with E-state index in [0.717, 1.165) is 17.1 Å². The highest BCUT2D eigenvalue weighted by molar-refractivity contribution is 8.93. The molecule has 25 heavy (non-hydrogen) atoms.